The Morgan fingerprint density at radius 2 is 1.79 bits per heavy atom. The van der Waals surface area contributed by atoms with Crippen molar-refractivity contribution < 1.29 is 22.8 Å². The van der Waals surface area contributed by atoms with Gasteiger partial charge < -0.3 is 5.32 Å². The highest BCUT2D eigenvalue weighted by Gasteiger charge is 2.29. The smallest absolute Gasteiger partial charge is 0.289 e. The molecule has 3 rings (SSSR count). The fourth-order valence-corrected chi connectivity index (χ4v) is 5.42. The van der Waals surface area contributed by atoms with Gasteiger partial charge in [0.05, 0.1) is 12.3 Å². The molecule has 0 spiro atoms. The normalized spacial score (nSPS) is 22.7. The molecule has 8 nitrogen and oxygen atoms in total. The maximum absolute atomic E-state index is 12.2. The number of anilines is 1. The van der Waals surface area contributed by atoms with Gasteiger partial charge in [0.15, 0.2) is 0 Å². The number of thioether (sulfide) groups is 1. The van der Waals surface area contributed by atoms with Crippen molar-refractivity contribution in [2.75, 3.05) is 16.8 Å². The summed E-state index contributed by atoms with van der Waals surface area (Å²) in [5.74, 6) is -0.690. The molecule has 0 unspecified atom stereocenters. The van der Waals surface area contributed by atoms with Crippen molar-refractivity contribution in [1.29, 1.82) is 0 Å². The van der Waals surface area contributed by atoms with Crippen molar-refractivity contribution in [3.05, 3.63) is 29.8 Å². The second kappa shape index (κ2) is 9.27. The average molecular weight is 440 g/mol. The summed E-state index contributed by atoms with van der Waals surface area (Å²) in [5, 5.41) is 2.30. The zero-order chi connectivity index (χ0) is 21.0. The van der Waals surface area contributed by atoms with Crippen molar-refractivity contribution in [2.24, 2.45) is 5.92 Å². The average Bonchev–Trinajstić information content (AvgIpc) is 2.96. The minimum absolute atomic E-state index is 0.0996. The maximum atomic E-state index is 12.2. The molecule has 29 heavy (non-hydrogen) atoms. The van der Waals surface area contributed by atoms with E-state index in [1.165, 1.54) is 4.90 Å². The van der Waals surface area contributed by atoms with E-state index in [-0.39, 0.29) is 29.5 Å². The molecule has 0 radical (unpaired) electrons. The largest absolute Gasteiger partial charge is 0.325 e. The summed E-state index contributed by atoms with van der Waals surface area (Å²) in [6, 6.07) is 6.52. The third-order valence-corrected chi connectivity index (χ3v) is 7.30. The monoisotopic (exact) mass is 439 g/mol. The molecule has 1 heterocycles. The first kappa shape index (κ1) is 21.8. The van der Waals surface area contributed by atoms with E-state index in [1.54, 1.807) is 24.3 Å². The Bertz CT molecular complexity index is 862. The summed E-state index contributed by atoms with van der Waals surface area (Å²) in [4.78, 5) is 36.6. The number of sulfonamides is 1. The summed E-state index contributed by atoms with van der Waals surface area (Å²) in [6.07, 6.45) is 3.56. The van der Waals surface area contributed by atoms with Crippen LogP contribution in [0.25, 0.3) is 0 Å². The van der Waals surface area contributed by atoms with Crippen LogP contribution in [0.1, 0.15) is 38.2 Å². The van der Waals surface area contributed by atoms with Crippen LogP contribution in [0.15, 0.2) is 24.3 Å². The van der Waals surface area contributed by atoms with E-state index in [9.17, 15) is 22.8 Å². The molecular formula is C19H25N3O5S2. The Balaban J connectivity index is 1.50. The Morgan fingerprint density at radius 1 is 1.14 bits per heavy atom. The molecule has 10 heteroatoms. The molecular weight excluding hydrogens is 414 g/mol. The first-order chi connectivity index (χ1) is 13.7. The maximum Gasteiger partial charge on any atom is 0.289 e. The summed E-state index contributed by atoms with van der Waals surface area (Å²) in [5.41, 5.74) is 1.20. The van der Waals surface area contributed by atoms with E-state index in [1.807, 2.05) is 0 Å². The summed E-state index contributed by atoms with van der Waals surface area (Å²) in [7, 11) is -3.70. The Labute approximate surface area is 174 Å². The topological polar surface area (TPSA) is 113 Å². The number of nitrogens with zero attached hydrogens (tertiary/aromatic N) is 1. The van der Waals surface area contributed by atoms with Gasteiger partial charge in [-0.25, -0.2) is 13.1 Å². The highest BCUT2D eigenvalue weighted by atomic mass is 32.2. The molecule has 2 aliphatic rings. The lowest BCUT2D eigenvalue weighted by Crippen LogP contribution is -2.41. The van der Waals surface area contributed by atoms with Crippen LogP contribution in [0.2, 0.25) is 0 Å². The fourth-order valence-electron chi connectivity index (χ4n) is 3.45. The van der Waals surface area contributed by atoms with E-state index in [0.717, 1.165) is 43.0 Å². The van der Waals surface area contributed by atoms with Gasteiger partial charge in [-0.1, -0.05) is 30.8 Å². The van der Waals surface area contributed by atoms with E-state index >= 15 is 0 Å². The number of amides is 3. The van der Waals surface area contributed by atoms with E-state index in [2.05, 4.69) is 17.0 Å². The van der Waals surface area contributed by atoms with Crippen LogP contribution in [0.4, 0.5) is 10.5 Å². The number of benzene rings is 1. The minimum atomic E-state index is -3.70. The molecule has 1 saturated carbocycles. The zero-order valence-corrected chi connectivity index (χ0v) is 17.9. The highest BCUT2D eigenvalue weighted by Crippen LogP contribution is 2.24. The van der Waals surface area contributed by atoms with Crippen LogP contribution in [-0.2, 0) is 26.2 Å². The molecule has 0 bridgehead atoms. The van der Waals surface area contributed by atoms with Crippen LogP contribution in [-0.4, -0.2) is 47.9 Å². The number of carbonyl (C=O) groups is 3. The van der Waals surface area contributed by atoms with Gasteiger partial charge >= 0.3 is 0 Å². The van der Waals surface area contributed by atoms with E-state index in [4.69, 9.17) is 0 Å². The summed E-state index contributed by atoms with van der Waals surface area (Å²) >= 11 is 0.979. The molecule has 158 valence electrons. The number of carbonyl (C=O) groups excluding carboxylic acids is 3. The van der Waals surface area contributed by atoms with E-state index in [0.29, 0.717) is 11.6 Å². The Hall–Kier alpha value is -1.91. The van der Waals surface area contributed by atoms with Crippen molar-refractivity contribution in [3.63, 3.8) is 0 Å². The lowest BCUT2D eigenvalue weighted by atomic mass is 9.88. The second-order valence-electron chi connectivity index (χ2n) is 7.61. The fraction of sp³-hybridized carbons (Fsp3) is 0.526. The summed E-state index contributed by atoms with van der Waals surface area (Å²) < 4.78 is 27.1. The second-order valence-corrected chi connectivity index (χ2v) is 10.3. The van der Waals surface area contributed by atoms with Gasteiger partial charge in [0.25, 0.3) is 5.24 Å². The van der Waals surface area contributed by atoms with Crippen molar-refractivity contribution in [2.45, 2.75) is 45.2 Å². The lowest BCUT2D eigenvalue weighted by Gasteiger charge is -2.26. The minimum Gasteiger partial charge on any atom is -0.325 e. The predicted molar refractivity (Wildman–Crippen MR) is 112 cm³/mol. The van der Waals surface area contributed by atoms with Gasteiger partial charge in [0.2, 0.25) is 21.8 Å². The molecule has 1 aromatic rings. The van der Waals surface area contributed by atoms with Gasteiger partial charge in [-0.05, 0) is 49.3 Å². The number of rotatable bonds is 7. The van der Waals surface area contributed by atoms with Crippen LogP contribution < -0.4 is 10.0 Å². The first-order valence-electron chi connectivity index (χ1n) is 9.58. The molecule has 1 aliphatic carbocycles. The molecule has 1 saturated heterocycles. The summed E-state index contributed by atoms with van der Waals surface area (Å²) in [6.45, 7) is 2.33. The number of hydrogen-bond donors (Lipinski definition) is 2. The molecule has 2 N–H and O–H groups in total. The zero-order valence-electron chi connectivity index (χ0n) is 16.2. The molecule has 0 atom stereocenters. The first-order valence-corrected chi connectivity index (χ1v) is 12.2. The standard InChI is InChI=1S/C19H25N3O5S2/c1-13-2-6-16(7-3-13)21-29(26,27)12-17(23)20-15-8-4-14(5-9-15)10-22-18(24)11-28-19(22)25/h4-5,8-9,13,16,21H,2-3,6-7,10-12H2,1H3,(H,20,23). The molecule has 2 fully saturated rings. The van der Waals surface area contributed by atoms with Crippen LogP contribution in [0, 0.1) is 5.92 Å². The molecule has 0 aromatic heterocycles. The van der Waals surface area contributed by atoms with Crippen molar-refractivity contribution in [3.8, 4) is 0 Å². The van der Waals surface area contributed by atoms with Crippen molar-refractivity contribution >= 4 is 44.5 Å². The third-order valence-electron chi connectivity index (χ3n) is 5.10. The number of hydrogen-bond acceptors (Lipinski definition) is 6. The van der Waals surface area contributed by atoms with Crippen LogP contribution in [0.3, 0.4) is 0 Å². The van der Waals surface area contributed by atoms with Gasteiger partial charge in [-0.2, -0.15) is 0 Å². The van der Waals surface area contributed by atoms with Gasteiger partial charge in [-0.3, -0.25) is 19.3 Å². The molecule has 1 aliphatic heterocycles. The van der Waals surface area contributed by atoms with Crippen LogP contribution in [0.5, 0.6) is 0 Å². The Morgan fingerprint density at radius 3 is 2.38 bits per heavy atom. The lowest BCUT2D eigenvalue weighted by molar-refractivity contribution is -0.125. The van der Waals surface area contributed by atoms with E-state index < -0.39 is 21.7 Å². The SMILES string of the molecule is CC1CCC(NS(=O)(=O)CC(=O)Nc2ccc(CN3C(=O)CSC3=O)cc2)CC1. The van der Waals surface area contributed by atoms with Gasteiger partial charge in [0, 0.05) is 11.7 Å². The van der Waals surface area contributed by atoms with Gasteiger partial charge in [0.1, 0.15) is 5.75 Å². The highest BCUT2D eigenvalue weighted by molar-refractivity contribution is 8.14. The van der Waals surface area contributed by atoms with Gasteiger partial charge in [-0.15, -0.1) is 0 Å². The third kappa shape index (κ3) is 6.28. The molecule has 3 amide bonds. The van der Waals surface area contributed by atoms with Crippen LogP contribution >= 0.6 is 11.8 Å². The van der Waals surface area contributed by atoms with Crippen molar-refractivity contribution in [1.82, 2.24) is 9.62 Å². The quantitative estimate of drug-likeness (QED) is 0.674. The number of imide groups is 1. The Kier molecular flexibility index (Phi) is 6.97. The number of nitrogens with one attached hydrogen (secondary N) is 2. The predicted octanol–water partition coefficient (Wildman–Crippen LogP) is 2.32. The molecule has 1 aromatic carbocycles.